The number of ether oxygens (including phenoxy) is 3. The molecule has 4 aliphatic heterocycles. The zero-order valence-corrected chi connectivity index (χ0v) is 26.1. The highest BCUT2D eigenvalue weighted by molar-refractivity contribution is 5.98. The van der Waals surface area contributed by atoms with Crippen LogP contribution in [0.1, 0.15) is 51.9 Å². The van der Waals surface area contributed by atoms with E-state index >= 15 is 0 Å². The summed E-state index contributed by atoms with van der Waals surface area (Å²) in [6.45, 7) is 14.1. The van der Waals surface area contributed by atoms with Gasteiger partial charge in [0.2, 0.25) is 17.7 Å². The number of hydrogen-bond acceptors (Lipinski definition) is 9. The van der Waals surface area contributed by atoms with Gasteiger partial charge in [-0.3, -0.25) is 24.1 Å². The molecule has 4 rings (SSSR count). The standard InChI is InChI=1S/C32H50N4O8/c1-4-6-10-25(38)33-22-23(3)43-31(41)26-24-11-12-32(44-24)27(26)29(39)36(14-8-7-9-19-37)28(32)30(40)35(13-5-2)16-15-34-17-20-42-21-18-34/h4-5,23-24,26-28,37H,1-2,6-22H2,3H3,(H,33,38)/t23-,24+,26-,27-,28+,32-/m1/s1. The number of amides is 3. The van der Waals surface area contributed by atoms with Crippen molar-refractivity contribution in [2.24, 2.45) is 11.8 Å². The minimum absolute atomic E-state index is 0.0587. The number of carbonyl (C=O) groups is 4. The Bertz CT molecular complexity index is 1050. The first-order valence-electron chi connectivity index (χ1n) is 16.1. The average Bonchev–Trinajstić information content (AvgIpc) is 3.66. The Morgan fingerprint density at radius 1 is 1.18 bits per heavy atom. The monoisotopic (exact) mass is 618 g/mol. The van der Waals surface area contributed by atoms with Crippen LogP contribution in [-0.2, 0) is 33.4 Å². The van der Waals surface area contributed by atoms with E-state index in [1.165, 1.54) is 0 Å². The predicted molar refractivity (Wildman–Crippen MR) is 162 cm³/mol. The summed E-state index contributed by atoms with van der Waals surface area (Å²) in [6.07, 6.45) is 6.09. The second-order valence-electron chi connectivity index (χ2n) is 12.3. The van der Waals surface area contributed by atoms with Gasteiger partial charge < -0.3 is 34.4 Å². The number of aliphatic hydroxyl groups excluding tert-OH is 1. The van der Waals surface area contributed by atoms with Crippen LogP contribution in [0.15, 0.2) is 25.3 Å². The number of nitrogens with zero attached hydrogens (tertiary/aromatic N) is 3. The summed E-state index contributed by atoms with van der Waals surface area (Å²) in [5.74, 6) is -2.79. The molecule has 4 saturated heterocycles. The lowest BCUT2D eigenvalue weighted by molar-refractivity contribution is -0.159. The minimum Gasteiger partial charge on any atom is -0.460 e. The summed E-state index contributed by atoms with van der Waals surface area (Å²) in [4.78, 5) is 59.8. The van der Waals surface area contributed by atoms with Crippen LogP contribution in [0.4, 0.5) is 0 Å². The van der Waals surface area contributed by atoms with E-state index in [0.29, 0.717) is 84.3 Å². The summed E-state index contributed by atoms with van der Waals surface area (Å²) < 4.78 is 17.8. The highest BCUT2D eigenvalue weighted by atomic mass is 16.6. The molecule has 12 heteroatoms. The van der Waals surface area contributed by atoms with Gasteiger partial charge in [-0.15, -0.1) is 13.2 Å². The normalized spacial score (nSPS) is 28.4. The summed E-state index contributed by atoms with van der Waals surface area (Å²) >= 11 is 0. The fourth-order valence-electron chi connectivity index (χ4n) is 7.12. The lowest BCUT2D eigenvalue weighted by Crippen LogP contribution is -2.57. The van der Waals surface area contributed by atoms with E-state index in [-0.39, 0.29) is 30.9 Å². The molecule has 246 valence electrons. The molecule has 3 amide bonds. The molecule has 0 radical (unpaired) electrons. The number of carbonyl (C=O) groups excluding carboxylic acids is 4. The lowest BCUT2D eigenvalue weighted by atomic mass is 9.70. The molecule has 0 aliphatic carbocycles. The van der Waals surface area contributed by atoms with Crippen LogP contribution in [0.25, 0.3) is 0 Å². The highest BCUT2D eigenvalue weighted by Crippen LogP contribution is 2.58. The average molecular weight is 619 g/mol. The molecule has 1 spiro atoms. The molecule has 12 nitrogen and oxygen atoms in total. The third-order valence-electron chi connectivity index (χ3n) is 9.29. The number of morpholine rings is 1. The third-order valence-corrected chi connectivity index (χ3v) is 9.29. The largest absolute Gasteiger partial charge is 0.460 e. The maximum atomic E-state index is 14.4. The van der Waals surface area contributed by atoms with Gasteiger partial charge in [-0.1, -0.05) is 12.2 Å². The van der Waals surface area contributed by atoms with Crippen molar-refractivity contribution in [3.05, 3.63) is 25.3 Å². The maximum Gasteiger partial charge on any atom is 0.312 e. The van der Waals surface area contributed by atoms with Gasteiger partial charge in [0.1, 0.15) is 17.7 Å². The maximum absolute atomic E-state index is 14.4. The molecule has 4 heterocycles. The Morgan fingerprint density at radius 2 is 1.95 bits per heavy atom. The van der Waals surface area contributed by atoms with Crippen molar-refractivity contribution in [3.8, 4) is 0 Å². The van der Waals surface area contributed by atoms with Crippen LogP contribution < -0.4 is 5.32 Å². The van der Waals surface area contributed by atoms with Crippen molar-refractivity contribution >= 4 is 23.7 Å². The second-order valence-corrected chi connectivity index (χ2v) is 12.3. The molecule has 0 unspecified atom stereocenters. The first-order chi connectivity index (χ1) is 21.3. The van der Waals surface area contributed by atoms with Crippen molar-refractivity contribution in [1.29, 1.82) is 0 Å². The Kier molecular flexibility index (Phi) is 12.4. The summed E-state index contributed by atoms with van der Waals surface area (Å²) in [5, 5.41) is 12.0. The van der Waals surface area contributed by atoms with Crippen LogP contribution in [0.3, 0.4) is 0 Å². The number of unbranched alkanes of at least 4 members (excludes halogenated alkanes) is 2. The molecular formula is C32H50N4O8. The number of likely N-dealkylation sites (tertiary alicyclic amines) is 1. The third kappa shape index (κ3) is 7.52. The molecule has 0 aromatic rings. The van der Waals surface area contributed by atoms with Gasteiger partial charge in [0, 0.05) is 52.3 Å². The smallest absolute Gasteiger partial charge is 0.312 e. The topological polar surface area (TPSA) is 138 Å². The fourth-order valence-corrected chi connectivity index (χ4v) is 7.12. The van der Waals surface area contributed by atoms with Gasteiger partial charge >= 0.3 is 5.97 Å². The van der Waals surface area contributed by atoms with Crippen LogP contribution in [0.2, 0.25) is 0 Å². The Morgan fingerprint density at radius 3 is 2.66 bits per heavy atom. The quantitative estimate of drug-likeness (QED) is 0.130. The summed E-state index contributed by atoms with van der Waals surface area (Å²) in [6, 6.07) is -0.858. The van der Waals surface area contributed by atoms with E-state index in [9.17, 15) is 24.3 Å². The van der Waals surface area contributed by atoms with E-state index in [1.807, 2.05) is 0 Å². The molecule has 44 heavy (non-hydrogen) atoms. The van der Waals surface area contributed by atoms with Gasteiger partial charge in [-0.25, -0.2) is 0 Å². The van der Waals surface area contributed by atoms with Crippen LogP contribution >= 0.6 is 0 Å². The lowest BCUT2D eigenvalue weighted by Gasteiger charge is -2.37. The van der Waals surface area contributed by atoms with Crippen LogP contribution in [0.5, 0.6) is 0 Å². The van der Waals surface area contributed by atoms with Crippen molar-refractivity contribution in [1.82, 2.24) is 20.0 Å². The number of nitrogens with one attached hydrogen (secondary N) is 1. The van der Waals surface area contributed by atoms with Gasteiger partial charge in [0.05, 0.1) is 37.7 Å². The van der Waals surface area contributed by atoms with Crippen LogP contribution in [-0.4, -0.2) is 133 Å². The number of hydrogen-bond donors (Lipinski definition) is 2. The molecule has 2 N–H and O–H groups in total. The zero-order chi connectivity index (χ0) is 31.7. The van der Waals surface area contributed by atoms with E-state index < -0.39 is 41.7 Å². The minimum atomic E-state index is -1.11. The number of fused-ring (bicyclic) bond motifs is 1. The molecular weight excluding hydrogens is 568 g/mol. The van der Waals surface area contributed by atoms with Gasteiger partial charge in [0.15, 0.2) is 0 Å². The molecule has 2 bridgehead atoms. The molecule has 0 aromatic heterocycles. The summed E-state index contributed by atoms with van der Waals surface area (Å²) in [7, 11) is 0. The fraction of sp³-hybridized carbons (Fsp3) is 0.750. The predicted octanol–water partition coefficient (Wildman–Crippen LogP) is 0.885. The van der Waals surface area contributed by atoms with Crippen LogP contribution in [0, 0.1) is 11.8 Å². The van der Waals surface area contributed by atoms with E-state index in [2.05, 4.69) is 23.4 Å². The first kappa shape index (κ1) is 34.1. The van der Waals surface area contributed by atoms with Crippen molar-refractivity contribution in [3.63, 3.8) is 0 Å². The van der Waals surface area contributed by atoms with Crippen molar-refractivity contribution < 1.29 is 38.5 Å². The molecule has 4 fully saturated rings. The number of allylic oxidation sites excluding steroid dienone is 1. The van der Waals surface area contributed by atoms with Gasteiger partial charge in [0.25, 0.3) is 0 Å². The molecule has 0 aromatic carbocycles. The number of rotatable bonds is 18. The highest BCUT2D eigenvalue weighted by Gasteiger charge is 2.75. The Hall–Kier alpha value is -2.80. The second kappa shape index (κ2) is 16.0. The number of aliphatic hydroxyl groups is 1. The van der Waals surface area contributed by atoms with E-state index in [1.54, 1.807) is 28.9 Å². The molecule has 6 atom stereocenters. The number of esters is 1. The Balaban J connectivity index is 1.51. The zero-order valence-electron chi connectivity index (χ0n) is 26.1. The van der Waals surface area contributed by atoms with Gasteiger partial charge in [-0.2, -0.15) is 0 Å². The first-order valence-corrected chi connectivity index (χ1v) is 16.1. The van der Waals surface area contributed by atoms with E-state index in [4.69, 9.17) is 14.2 Å². The van der Waals surface area contributed by atoms with Crippen molar-refractivity contribution in [2.75, 3.05) is 65.6 Å². The molecule has 0 saturated carbocycles. The SMILES string of the molecule is C=CCCC(=O)NC[C@@H](C)OC(=O)[C@@H]1[C@@H]2CC[C@]3(O2)[C@H](C(=O)N(CC=C)CCN2CCOCC2)N(CCCCCO)C(=O)[C@@H]13. The van der Waals surface area contributed by atoms with E-state index in [0.717, 1.165) is 13.1 Å². The van der Waals surface area contributed by atoms with Gasteiger partial charge in [-0.05, 0) is 45.4 Å². The summed E-state index contributed by atoms with van der Waals surface area (Å²) in [5.41, 5.74) is -1.11. The van der Waals surface area contributed by atoms with Crippen molar-refractivity contribution in [2.45, 2.75) is 75.7 Å². The molecule has 4 aliphatic rings. The Labute approximate surface area is 260 Å².